The third kappa shape index (κ3) is 3.78. The number of carbonyl (C=O) groups is 2. The molecule has 0 saturated carbocycles. The van der Waals surface area contributed by atoms with Crippen molar-refractivity contribution in [2.75, 3.05) is 13.2 Å². The van der Waals surface area contributed by atoms with Gasteiger partial charge in [0.2, 0.25) is 0 Å². The van der Waals surface area contributed by atoms with Gasteiger partial charge in [0.15, 0.2) is 5.78 Å². The van der Waals surface area contributed by atoms with Crippen molar-refractivity contribution in [3.8, 4) is 11.8 Å². The van der Waals surface area contributed by atoms with E-state index in [1.807, 2.05) is 0 Å². The number of nitriles is 1. The summed E-state index contributed by atoms with van der Waals surface area (Å²) in [6.45, 7) is 4.20. The van der Waals surface area contributed by atoms with Gasteiger partial charge in [-0.2, -0.15) is 5.26 Å². The maximum Gasteiger partial charge on any atom is 0.319 e. The summed E-state index contributed by atoms with van der Waals surface area (Å²) >= 11 is 0. The quantitative estimate of drug-likeness (QED) is 0.594. The van der Waals surface area contributed by atoms with E-state index in [-0.39, 0.29) is 17.9 Å². The fourth-order valence-electron chi connectivity index (χ4n) is 1.48. The van der Waals surface area contributed by atoms with Crippen molar-refractivity contribution in [3.05, 3.63) is 29.6 Å². The van der Waals surface area contributed by atoms with Crippen LogP contribution >= 0.6 is 0 Å². The van der Waals surface area contributed by atoms with Crippen molar-refractivity contribution in [1.82, 2.24) is 0 Å². The van der Waals surface area contributed by atoms with Gasteiger partial charge in [-0.3, -0.25) is 9.59 Å². The van der Waals surface area contributed by atoms with Crippen LogP contribution in [-0.2, 0) is 14.3 Å². The standard InChI is InChI=1S/C15H16FNO4/c1-4-20-14(19)15(2,3)13(18)9-21-12-7-5-6-11(16)10(12)8-17/h5-7H,4,9H2,1-3H3. The van der Waals surface area contributed by atoms with Gasteiger partial charge >= 0.3 is 5.97 Å². The number of carbonyl (C=O) groups excluding carboxylic acids is 2. The van der Waals surface area contributed by atoms with Gasteiger partial charge in [0.05, 0.1) is 6.61 Å². The van der Waals surface area contributed by atoms with E-state index in [2.05, 4.69) is 0 Å². The average molecular weight is 293 g/mol. The van der Waals surface area contributed by atoms with Crippen molar-refractivity contribution < 1.29 is 23.5 Å². The zero-order valence-electron chi connectivity index (χ0n) is 12.1. The highest BCUT2D eigenvalue weighted by Gasteiger charge is 2.37. The van der Waals surface area contributed by atoms with Gasteiger partial charge in [0.25, 0.3) is 0 Å². The predicted octanol–water partition coefficient (Wildman–Crippen LogP) is 2.23. The molecule has 0 N–H and O–H groups in total. The number of Topliss-reactive ketones (excluding diaryl/α,β-unsaturated/α-hetero) is 1. The zero-order valence-corrected chi connectivity index (χ0v) is 12.1. The number of ether oxygens (including phenoxy) is 2. The third-order valence-corrected chi connectivity index (χ3v) is 2.93. The Morgan fingerprint density at radius 3 is 2.62 bits per heavy atom. The van der Waals surface area contributed by atoms with Crippen LogP contribution in [0.3, 0.4) is 0 Å². The van der Waals surface area contributed by atoms with E-state index in [1.165, 1.54) is 26.0 Å². The average Bonchev–Trinajstić information content (AvgIpc) is 2.44. The minimum Gasteiger partial charge on any atom is -0.484 e. The van der Waals surface area contributed by atoms with Crippen LogP contribution in [0.15, 0.2) is 18.2 Å². The smallest absolute Gasteiger partial charge is 0.319 e. The zero-order chi connectivity index (χ0) is 16.0. The molecule has 0 amide bonds. The van der Waals surface area contributed by atoms with E-state index in [4.69, 9.17) is 14.7 Å². The Morgan fingerprint density at radius 2 is 2.05 bits per heavy atom. The molecule has 0 heterocycles. The van der Waals surface area contributed by atoms with E-state index in [0.717, 1.165) is 6.07 Å². The Morgan fingerprint density at radius 1 is 1.38 bits per heavy atom. The summed E-state index contributed by atoms with van der Waals surface area (Å²) in [5.41, 5.74) is -1.64. The second-order valence-corrected chi connectivity index (χ2v) is 4.78. The van der Waals surface area contributed by atoms with Gasteiger partial charge in [-0.25, -0.2) is 4.39 Å². The summed E-state index contributed by atoms with van der Waals surface area (Å²) in [5, 5.41) is 8.85. The minimum atomic E-state index is -1.36. The second kappa shape index (κ2) is 6.84. The van der Waals surface area contributed by atoms with Crippen LogP contribution in [0, 0.1) is 22.6 Å². The van der Waals surface area contributed by atoms with Crippen LogP contribution in [0.25, 0.3) is 0 Å². The molecule has 1 aromatic carbocycles. The largest absolute Gasteiger partial charge is 0.484 e. The maximum atomic E-state index is 13.4. The molecule has 0 aliphatic rings. The highest BCUT2D eigenvalue weighted by atomic mass is 19.1. The number of ketones is 1. The summed E-state index contributed by atoms with van der Waals surface area (Å²) in [4.78, 5) is 23.7. The van der Waals surface area contributed by atoms with E-state index >= 15 is 0 Å². The molecule has 0 radical (unpaired) electrons. The number of hydrogen-bond acceptors (Lipinski definition) is 5. The van der Waals surface area contributed by atoms with Crippen molar-refractivity contribution in [1.29, 1.82) is 5.26 Å². The van der Waals surface area contributed by atoms with Gasteiger partial charge in [-0.15, -0.1) is 0 Å². The van der Waals surface area contributed by atoms with Gasteiger partial charge < -0.3 is 9.47 Å². The molecule has 1 aromatic rings. The third-order valence-electron chi connectivity index (χ3n) is 2.93. The molecule has 0 saturated heterocycles. The van der Waals surface area contributed by atoms with Crippen LogP contribution in [0.2, 0.25) is 0 Å². The van der Waals surface area contributed by atoms with E-state index in [0.29, 0.717) is 0 Å². The van der Waals surface area contributed by atoms with Crippen LogP contribution in [0.1, 0.15) is 26.3 Å². The normalized spacial score (nSPS) is 10.6. The fourth-order valence-corrected chi connectivity index (χ4v) is 1.48. The molecule has 0 aromatic heterocycles. The molecule has 5 nitrogen and oxygen atoms in total. The molecule has 0 spiro atoms. The lowest BCUT2D eigenvalue weighted by Gasteiger charge is -2.20. The molecule has 0 aliphatic carbocycles. The Balaban J connectivity index is 2.81. The fraction of sp³-hybridized carbons (Fsp3) is 0.400. The topological polar surface area (TPSA) is 76.4 Å². The molecule has 0 aliphatic heterocycles. The maximum absolute atomic E-state index is 13.4. The Labute approximate surface area is 122 Å². The number of esters is 1. The molecule has 112 valence electrons. The van der Waals surface area contributed by atoms with Crippen LogP contribution in [0.5, 0.6) is 5.75 Å². The highest BCUT2D eigenvalue weighted by Crippen LogP contribution is 2.23. The molecule has 1 rings (SSSR count). The second-order valence-electron chi connectivity index (χ2n) is 4.78. The number of benzene rings is 1. The highest BCUT2D eigenvalue weighted by molar-refractivity contribution is 6.03. The van der Waals surface area contributed by atoms with E-state index < -0.39 is 29.6 Å². The molecule has 6 heteroatoms. The minimum absolute atomic E-state index is 0.0366. The van der Waals surface area contributed by atoms with Crippen molar-refractivity contribution >= 4 is 11.8 Å². The van der Waals surface area contributed by atoms with Crippen molar-refractivity contribution in [2.24, 2.45) is 5.41 Å². The molecule has 0 unspecified atom stereocenters. The predicted molar refractivity (Wildman–Crippen MR) is 72.0 cm³/mol. The van der Waals surface area contributed by atoms with Crippen LogP contribution < -0.4 is 4.74 Å². The number of hydrogen-bond donors (Lipinski definition) is 0. The number of nitrogens with zero attached hydrogens (tertiary/aromatic N) is 1. The molecular formula is C15H16FNO4. The van der Waals surface area contributed by atoms with Gasteiger partial charge in [0, 0.05) is 0 Å². The Hall–Kier alpha value is -2.42. The lowest BCUT2D eigenvalue weighted by Crippen LogP contribution is -2.38. The summed E-state index contributed by atoms with van der Waals surface area (Å²) in [6.07, 6.45) is 0. The molecular weight excluding hydrogens is 277 g/mol. The van der Waals surface area contributed by atoms with Crippen molar-refractivity contribution in [3.63, 3.8) is 0 Å². The first-order chi connectivity index (χ1) is 9.84. The summed E-state index contributed by atoms with van der Waals surface area (Å²) in [5.74, 6) is -1.94. The Kier molecular flexibility index (Phi) is 5.42. The van der Waals surface area contributed by atoms with Gasteiger partial charge in [-0.05, 0) is 32.9 Å². The Bertz CT molecular complexity index is 590. The first-order valence-electron chi connectivity index (χ1n) is 6.36. The van der Waals surface area contributed by atoms with Crippen molar-refractivity contribution in [2.45, 2.75) is 20.8 Å². The molecule has 0 fully saturated rings. The first-order valence-corrected chi connectivity index (χ1v) is 6.36. The summed E-state index contributed by atoms with van der Waals surface area (Å²) in [7, 11) is 0. The molecule has 21 heavy (non-hydrogen) atoms. The monoisotopic (exact) mass is 293 g/mol. The van der Waals surface area contributed by atoms with Crippen LogP contribution in [0.4, 0.5) is 4.39 Å². The first kappa shape index (κ1) is 16.6. The van der Waals surface area contributed by atoms with Gasteiger partial charge in [-0.1, -0.05) is 6.07 Å². The van der Waals surface area contributed by atoms with E-state index in [1.54, 1.807) is 13.0 Å². The number of halogens is 1. The lowest BCUT2D eigenvalue weighted by atomic mass is 9.88. The van der Waals surface area contributed by atoms with E-state index in [9.17, 15) is 14.0 Å². The lowest BCUT2D eigenvalue weighted by molar-refractivity contribution is -0.158. The molecule has 0 bridgehead atoms. The summed E-state index contributed by atoms with van der Waals surface area (Å²) < 4.78 is 23.4. The SMILES string of the molecule is CCOC(=O)C(C)(C)C(=O)COc1cccc(F)c1C#N. The van der Waals surface area contributed by atoms with Gasteiger partial charge in [0.1, 0.15) is 35.2 Å². The number of rotatable bonds is 6. The van der Waals surface area contributed by atoms with Crippen LogP contribution in [-0.4, -0.2) is 25.0 Å². The summed E-state index contributed by atoms with van der Waals surface area (Å²) in [6, 6.07) is 5.54. The molecule has 0 atom stereocenters.